The largest absolute Gasteiger partial charge is 0.444 e. The molecule has 0 aromatic heterocycles. The summed E-state index contributed by atoms with van der Waals surface area (Å²) < 4.78 is 5.19. The smallest absolute Gasteiger partial charge is 0.407 e. The van der Waals surface area contributed by atoms with Crippen LogP contribution < -0.4 is 16.0 Å². The molecule has 31 heavy (non-hydrogen) atoms. The van der Waals surface area contributed by atoms with E-state index >= 15 is 0 Å². The standard InChI is InChI=1S/C22H37N5O3.HI/c1-7-27(8-2)19(28)18-12-10-17(11-13-18)16-26-20(23-6)24-14-9-15-25-21(29)30-22(3,4)5;/h10-13H,7-9,14-16H2,1-6H3,(H,25,29)(H2,23,24,26);1H. The third-order valence-electron chi connectivity index (χ3n) is 4.25. The maximum absolute atomic E-state index is 12.4. The van der Waals surface area contributed by atoms with Crippen LogP contribution in [0.2, 0.25) is 0 Å². The monoisotopic (exact) mass is 547 g/mol. The van der Waals surface area contributed by atoms with Gasteiger partial charge in [0.2, 0.25) is 0 Å². The Labute approximate surface area is 203 Å². The summed E-state index contributed by atoms with van der Waals surface area (Å²) in [5.74, 6) is 0.729. The second kappa shape index (κ2) is 14.9. The number of nitrogens with one attached hydrogen (secondary N) is 3. The van der Waals surface area contributed by atoms with Crippen molar-refractivity contribution in [2.24, 2.45) is 4.99 Å². The molecule has 2 amide bonds. The van der Waals surface area contributed by atoms with E-state index in [0.717, 1.165) is 12.0 Å². The molecule has 8 nitrogen and oxygen atoms in total. The minimum absolute atomic E-state index is 0. The number of carbonyl (C=O) groups is 2. The van der Waals surface area contributed by atoms with E-state index in [-0.39, 0.29) is 29.9 Å². The maximum Gasteiger partial charge on any atom is 0.407 e. The average molecular weight is 547 g/mol. The highest BCUT2D eigenvalue weighted by molar-refractivity contribution is 14.0. The van der Waals surface area contributed by atoms with Gasteiger partial charge in [0, 0.05) is 45.3 Å². The molecule has 1 rings (SSSR count). The van der Waals surface area contributed by atoms with Gasteiger partial charge in [-0.25, -0.2) is 4.79 Å². The van der Waals surface area contributed by atoms with E-state index in [0.29, 0.717) is 44.2 Å². The fourth-order valence-electron chi connectivity index (χ4n) is 2.66. The quantitative estimate of drug-likeness (QED) is 0.191. The number of halogens is 1. The topological polar surface area (TPSA) is 95.1 Å². The van der Waals surface area contributed by atoms with Crippen molar-refractivity contribution in [1.82, 2.24) is 20.9 Å². The Hall–Kier alpha value is -2.04. The number of alkyl carbamates (subject to hydrolysis) is 1. The normalized spacial score (nSPS) is 11.2. The molecule has 1 aromatic carbocycles. The van der Waals surface area contributed by atoms with Gasteiger partial charge in [0.25, 0.3) is 5.91 Å². The van der Waals surface area contributed by atoms with Crippen LogP contribution in [-0.2, 0) is 11.3 Å². The summed E-state index contributed by atoms with van der Waals surface area (Å²) in [6.45, 7) is 12.6. The first kappa shape index (κ1) is 29.0. The lowest BCUT2D eigenvalue weighted by Crippen LogP contribution is -2.39. The second-order valence-electron chi connectivity index (χ2n) is 7.81. The van der Waals surface area contributed by atoms with E-state index in [1.54, 1.807) is 11.9 Å². The molecule has 0 heterocycles. The van der Waals surface area contributed by atoms with Gasteiger partial charge in [0.1, 0.15) is 5.60 Å². The number of aliphatic imine (C=N–C) groups is 1. The van der Waals surface area contributed by atoms with Gasteiger partial charge in [-0.05, 0) is 58.7 Å². The van der Waals surface area contributed by atoms with Crippen molar-refractivity contribution in [2.75, 3.05) is 33.2 Å². The molecule has 0 aliphatic carbocycles. The lowest BCUT2D eigenvalue weighted by atomic mass is 10.1. The van der Waals surface area contributed by atoms with Crippen LogP contribution in [0, 0.1) is 0 Å². The van der Waals surface area contributed by atoms with Crippen LogP contribution in [0.4, 0.5) is 4.79 Å². The predicted octanol–water partition coefficient (Wildman–Crippen LogP) is 3.37. The number of carbonyl (C=O) groups excluding carboxylic acids is 2. The Morgan fingerprint density at radius 3 is 2.10 bits per heavy atom. The molecule has 0 spiro atoms. The third-order valence-corrected chi connectivity index (χ3v) is 4.25. The first-order valence-corrected chi connectivity index (χ1v) is 10.5. The molecule has 0 saturated carbocycles. The lowest BCUT2D eigenvalue weighted by Gasteiger charge is -2.19. The Balaban J connectivity index is 0.00000900. The van der Waals surface area contributed by atoms with Crippen LogP contribution >= 0.6 is 24.0 Å². The Kier molecular flexibility index (Phi) is 13.9. The minimum Gasteiger partial charge on any atom is -0.444 e. The average Bonchev–Trinajstić information content (AvgIpc) is 2.70. The summed E-state index contributed by atoms with van der Waals surface area (Å²) in [5, 5.41) is 9.18. The highest BCUT2D eigenvalue weighted by atomic mass is 127. The Bertz CT molecular complexity index is 698. The van der Waals surface area contributed by atoms with Gasteiger partial charge in [0.15, 0.2) is 5.96 Å². The number of amides is 2. The first-order valence-electron chi connectivity index (χ1n) is 10.5. The highest BCUT2D eigenvalue weighted by Gasteiger charge is 2.15. The van der Waals surface area contributed by atoms with E-state index in [9.17, 15) is 9.59 Å². The van der Waals surface area contributed by atoms with E-state index in [4.69, 9.17) is 4.74 Å². The zero-order valence-corrected chi connectivity index (χ0v) is 21.9. The van der Waals surface area contributed by atoms with Crippen LogP contribution in [0.25, 0.3) is 0 Å². The zero-order valence-electron chi connectivity index (χ0n) is 19.6. The summed E-state index contributed by atoms with van der Waals surface area (Å²) in [5.41, 5.74) is 1.26. The molecule has 0 saturated heterocycles. The summed E-state index contributed by atoms with van der Waals surface area (Å²) >= 11 is 0. The van der Waals surface area contributed by atoms with Gasteiger partial charge in [0.05, 0.1) is 0 Å². The van der Waals surface area contributed by atoms with Gasteiger partial charge in [-0.3, -0.25) is 9.79 Å². The Morgan fingerprint density at radius 2 is 1.58 bits per heavy atom. The lowest BCUT2D eigenvalue weighted by molar-refractivity contribution is 0.0527. The number of nitrogens with zero attached hydrogens (tertiary/aromatic N) is 2. The van der Waals surface area contributed by atoms with Crippen molar-refractivity contribution in [3.8, 4) is 0 Å². The van der Waals surface area contributed by atoms with E-state index in [1.807, 2.05) is 58.9 Å². The summed E-state index contributed by atoms with van der Waals surface area (Å²) in [6, 6.07) is 7.61. The fraction of sp³-hybridized carbons (Fsp3) is 0.591. The number of ether oxygens (including phenoxy) is 1. The molecule has 176 valence electrons. The van der Waals surface area contributed by atoms with E-state index < -0.39 is 11.7 Å². The van der Waals surface area contributed by atoms with Crippen LogP contribution in [0.1, 0.15) is 57.0 Å². The third kappa shape index (κ3) is 11.8. The molecular weight excluding hydrogens is 509 g/mol. The summed E-state index contributed by atoms with van der Waals surface area (Å²) in [7, 11) is 1.71. The van der Waals surface area contributed by atoms with Gasteiger partial charge >= 0.3 is 6.09 Å². The van der Waals surface area contributed by atoms with Gasteiger partial charge in [-0.2, -0.15) is 0 Å². The number of hydrogen-bond donors (Lipinski definition) is 3. The van der Waals surface area contributed by atoms with Crippen molar-refractivity contribution in [3.63, 3.8) is 0 Å². The van der Waals surface area contributed by atoms with Gasteiger partial charge in [-0.15, -0.1) is 24.0 Å². The molecule has 9 heteroatoms. The zero-order chi connectivity index (χ0) is 22.6. The molecule has 0 radical (unpaired) electrons. The van der Waals surface area contributed by atoms with Crippen molar-refractivity contribution < 1.29 is 14.3 Å². The van der Waals surface area contributed by atoms with E-state index in [1.165, 1.54) is 0 Å². The second-order valence-corrected chi connectivity index (χ2v) is 7.81. The number of benzene rings is 1. The number of hydrogen-bond acceptors (Lipinski definition) is 4. The number of rotatable bonds is 9. The van der Waals surface area contributed by atoms with Crippen molar-refractivity contribution in [1.29, 1.82) is 0 Å². The van der Waals surface area contributed by atoms with Crippen LogP contribution in [0.3, 0.4) is 0 Å². The van der Waals surface area contributed by atoms with Crippen molar-refractivity contribution in [2.45, 2.75) is 53.2 Å². The molecular formula is C22H38IN5O3. The van der Waals surface area contributed by atoms with Crippen molar-refractivity contribution in [3.05, 3.63) is 35.4 Å². The highest BCUT2D eigenvalue weighted by Crippen LogP contribution is 2.08. The van der Waals surface area contributed by atoms with Gasteiger partial charge in [-0.1, -0.05) is 12.1 Å². The van der Waals surface area contributed by atoms with Crippen LogP contribution in [0.5, 0.6) is 0 Å². The van der Waals surface area contributed by atoms with Gasteiger partial charge < -0.3 is 25.6 Å². The minimum atomic E-state index is -0.495. The molecule has 0 fully saturated rings. The molecule has 3 N–H and O–H groups in total. The molecule has 0 atom stereocenters. The SMILES string of the molecule is CCN(CC)C(=O)c1ccc(CNC(=NC)NCCCNC(=O)OC(C)(C)C)cc1.I. The number of guanidine groups is 1. The predicted molar refractivity (Wildman–Crippen MR) is 136 cm³/mol. The summed E-state index contributed by atoms with van der Waals surface area (Å²) in [4.78, 5) is 30.0. The Morgan fingerprint density at radius 1 is 1.00 bits per heavy atom. The fourth-order valence-corrected chi connectivity index (χ4v) is 2.66. The van der Waals surface area contributed by atoms with Crippen LogP contribution in [0.15, 0.2) is 29.3 Å². The maximum atomic E-state index is 12.4. The van der Waals surface area contributed by atoms with Crippen molar-refractivity contribution >= 4 is 41.9 Å². The molecule has 1 aromatic rings. The molecule has 0 aliphatic heterocycles. The molecule has 0 aliphatic rings. The van der Waals surface area contributed by atoms with Crippen LogP contribution in [-0.4, -0.2) is 61.7 Å². The molecule has 0 bridgehead atoms. The molecule has 0 unspecified atom stereocenters. The van der Waals surface area contributed by atoms with E-state index in [2.05, 4.69) is 20.9 Å². The summed E-state index contributed by atoms with van der Waals surface area (Å²) in [6.07, 6.45) is 0.329. The first-order chi connectivity index (χ1) is 14.2.